The van der Waals surface area contributed by atoms with Crippen LogP contribution in [-0.2, 0) is 17.1 Å². The number of aromatic nitrogens is 2. The van der Waals surface area contributed by atoms with E-state index in [0.29, 0.717) is 23.4 Å². The SMILES string of the molecule is CSCc1nnc(SCC(=O)N(Cc2ccccc2)C(C)(C)C)o1. The van der Waals surface area contributed by atoms with Crippen LogP contribution in [0.2, 0.25) is 0 Å². The van der Waals surface area contributed by atoms with E-state index in [1.807, 2.05) is 62.3 Å². The molecule has 1 aromatic carbocycles. The number of benzene rings is 1. The highest BCUT2D eigenvalue weighted by molar-refractivity contribution is 7.99. The molecule has 0 spiro atoms. The number of hydrogen-bond acceptors (Lipinski definition) is 6. The molecule has 0 bridgehead atoms. The fraction of sp³-hybridized carbons (Fsp3) is 0.471. The number of carbonyl (C=O) groups is 1. The Morgan fingerprint density at radius 2 is 1.92 bits per heavy atom. The first-order valence-electron chi connectivity index (χ1n) is 7.68. The van der Waals surface area contributed by atoms with Crippen LogP contribution in [0, 0.1) is 0 Å². The Morgan fingerprint density at radius 1 is 1.21 bits per heavy atom. The third-order valence-electron chi connectivity index (χ3n) is 3.33. The highest BCUT2D eigenvalue weighted by atomic mass is 32.2. The normalized spacial score (nSPS) is 11.5. The van der Waals surface area contributed by atoms with Crippen molar-refractivity contribution in [2.45, 2.75) is 43.8 Å². The second-order valence-corrected chi connectivity index (χ2v) is 8.11. The second kappa shape index (κ2) is 8.58. The number of rotatable bonds is 7. The van der Waals surface area contributed by atoms with Gasteiger partial charge in [-0.2, -0.15) is 11.8 Å². The van der Waals surface area contributed by atoms with E-state index in [-0.39, 0.29) is 17.2 Å². The van der Waals surface area contributed by atoms with Crippen molar-refractivity contribution >= 4 is 29.4 Å². The van der Waals surface area contributed by atoms with Crippen molar-refractivity contribution in [1.82, 2.24) is 15.1 Å². The van der Waals surface area contributed by atoms with E-state index in [4.69, 9.17) is 4.42 Å². The fourth-order valence-corrected chi connectivity index (χ4v) is 3.17. The topological polar surface area (TPSA) is 59.2 Å². The van der Waals surface area contributed by atoms with Crippen LogP contribution in [0.15, 0.2) is 40.0 Å². The van der Waals surface area contributed by atoms with Crippen molar-refractivity contribution in [1.29, 1.82) is 0 Å². The van der Waals surface area contributed by atoms with Crippen LogP contribution in [0.3, 0.4) is 0 Å². The lowest BCUT2D eigenvalue weighted by atomic mass is 10.0. The summed E-state index contributed by atoms with van der Waals surface area (Å²) in [6.07, 6.45) is 1.98. The van der Waals surface area contributed by atoms with Crippen LogP contribution < -0.4 is 0 Å². The molecule has 7 heteroatoms. The van der Waals surface area contributed by atoms with Crippen molar-refractivity contribution < 1.29 is 9.21 Å². The number of thioether (sulfide) groups is 2. The van der Waals surface area contributed by atoms with Gasteiger partial charge in [0.1, 0.15) is 0 Å². The predicted molar refractivity (Wildman–Crippen MR) is 99.0 cm³/mol. The van der Waals surface area contributed by atoms with Gasteiger partial charge >= 0.3 is 0 Å². The van der Waals surface area contributed by atoms with Crippen molar-refractivity contribution in [2.75, 3.05) is 12.0 Å². The van der Waals surface area contributed by atoms with Gasteiger partial charge in [0.25, 0.3) is 5.22 Å². The Balaban J connectivity index is 1.99. The molecular weight excluding hydrogens is 342 g/mol. The van der Waals surface area contributed by atoms with Crippen molar-refractivity contribution in [3.05, 3.63) is 41.8 Å². The minimum absolute atomic E-state index is 0.0565. The number of nitrogens with zero attached hydrogens (tertiary/aromatic N) is 3. The van der Waals surface area contributed by atoms with Crippen LogP contribution in [0.1, 0.15) is 32.2 Å². The third-order valence-corrected chi connectivity index (χ3v) is 4.67. The maximum absolute atomic E-state index is 12.7. The highest BCUT2D eigenvalue weighted by Crippen LogP contribution is 2.22. The molecule has 0 aliphatic rings. The van der Waals surface area contributed by atoms with Gasteiger partial charge < -0.3 is 9.32 Å². The van der Waals surface area contributed by atoms with Crippen LogP contribution >= 0.6 is 23.5 Å². The molecule has 1 aromatic heterocycles. The Labute approximate surface area is 151 Å². The summed E-state index contributed by atoms with van der Waals surface area (Å²) >= 11 is 2.91. The van der Waals surface area contributed by atoms with Gasteiger partial charge in [0, 0.05) is 12.1 Å². The maximum Gasteiger partial charge on any atom is 0.277 e. The molecule has 2 aromatic rings. The van der Waals surface area contributed by atoms with Gasteiger partial charge in [0.05, 0.1) is 11.5 Å². The first kappa shape index (κ1) is 18.9. The Hall–Kier alpha value is -1.47. The molecule has 130 valence electrons. The van der Waals surface area contributed by atoms with Crippen LogP contribution in [0.5, 0.6) is 0 Å². The summed E-state index contributed by atoms with van der Waals surface area (Å²) in [7, 11) is 0. The molecule has 0 atom stereocenters. The van der Waals surface area contributed by atoms with E-state index in [1.54, 1.807) is 11.8 Å². The van der Waals surface area contributed by atoms with E-state index in [0.717, 1.165) is 5.56 Å². The molecule has 24 heavy (non-hydrogen) atoms. The average Bonchev–Trinajstić information content (AvgIpc) is 2.98. The molecule has 0 saturated heterocycles. The molecular formula is C17H23N3O2S2. The van der Waals surface area contributed by atoms with Crippen molar-refractivity contribution in [2.24, 2.45) is 0 Å². The standard InChI is InChI=1S/C17H23N3O2S2/c1-17(2,3)20(10-13-8-6-5-7-9-13)15(21)12-24-16-19-18-14(22-16)11-23-4/h5-9H,10-12H2,1-4H3. The smallest absolute Gasteiger partial charge is 0.277 e. The quantitative estimate of drug-likeness (QED) is 0.695. The van der Waals surface area contributed by atoms with Gasteiger partial charge in [-0.1, -0.05) is 42.1 Å². The van der Waals surface area contributed by atoms with Crippen molar-refractivity contribution in [3.63, 3.8) is 0 Å². The minimum atomic E-state index is -0.258. The lowest BCUT2D eigenvalue weighted by molar-refractivity contribution is -0.133. The number of carbonyl (C=O) groups excluding carboxylic acids is 1. The highest BCUT2D eigenvalue weighted by Gasteiger charge is 2.26. The lowest BCUT2D eigenvalue weighted by Gasteiger charge is -2.35. The monoisotopic (exact) mass is 365 g/mol. The summed E-state index contributed by atoms with van der Waals surface area (Å²) in [4.78, 5) is 14.6. The first-order valence-corrected chi connectivity index (χ1v) is 10.1. The summed E-state index contributed by atoms with van der Waals surface area (Å²) < 4.78 is 5.51. The largest absolute Gasteiger partial charge is 0.415 e. The fourth-order valence-electron chi connectivity index (χ4n) is 2.15. The molecule has 0 aliphatic carbocycles. The second-order valence-electron chi connectivity index (χ2n) is 6.32. The van der Waals surface area contributed by atoms with E-state index < -0.39 is 0 Å². The number of amides is 1. The summed E-state index contributed by atoms with van der Waals surface area (Å²) in [5.41, 5.74) is 0.859. The van der Waals surface area contributed by atoms with Crippen LogP contribution in [0.4, 0.5) is 0 Å². The Morgan fingerprint density at radius 3 is 2.54 bits per heavy atom. The summed E-state index contributed by atoms with van der Waals surface area (Å²) in [5, 5.41) is 8.38. The zero-order chi connectivity index (χ0) is 17.6. The van der Waals surface area contributed by atoms with E-state index >= 15 is 0 Å². The van der Waals surface area contributed by atoms with E-state index in [2.05, 4.69) is 10.2 Å². The molecule has 0 radical (unpaired) electrons. The minimum Gasteiger partial charge on any atom is -0.415 e. The van der Waals surface area contributed by atoms with Crippen LogP contribution in [0.25, 0.3) is 0 Å². The molecule has 5 nitrogen and oxygen atoms in total. The van der Waals surface area contributed by atoms with Crippen molar-refractivity contribution in [3.8, 4) is 0 Å². The average molecular weight is 366 g/mol. The zero-order valence-corrected chi connectivity index (χ0v) is 16.1. The van der Waals surface area contributed by atoms with E-state index in [1.165, 1.54) is 11.8 Å². The van der Waals surface area contributed by atoms with Gasteiger partial charge in [-0.15, -0.1) is 10.2 Å². The zero-order valence-electron chi connectivity index (χ0n) is 14.5. The summed E-state index contributed by atoms with van der Waals surface area (Å²) in [6.45, 7) is 6.72. The molecule has 2 rings (SSSR count). The first-order chi connectivity index (χ1) is 11.4. The van der Waals surface area contributed by atoms with E-state index in [9.17, 15) is 4.79 Å². The predicted octanol–water partition coefficient (Wildman–Crippen LogP) is 3.85. The lowest BCUT2D eigenvalue weighted by Crippen LogP contribution is -2.45. The van der Waals surface area contributed by atoms with Crippen LogP contribution in [-0.4, -0.2) is 38.6 Å². The summed E-state index contributed by atoms with van der Waals surface area (Å²) in [6, 6.07) is 10.0. The molecule has 0 fully saturated rings. The number of hydrogen-bond donors (Lipinski definition) is 0. The maximum atomic E-state index is 12.7. The molecule has 0 saturated carbocycles. The van der Waals surface area contributed by atoms with Gasteiger partial charge in [0.15, 0.2) is 0 Å². The van der Waals surface area contributed by atoms with Gasteiger partial charge in [-0.05, 0) is 32.6 Å². The Bertz CT molecular complexity index is 653. The molecule has 0 unspecified atom stereocenters. The molecule has 1 amide bonds. The molecule has 1 heterocycles. The van der Waals surface area contributed by atoms with Gasteiger partial charge in [0.2, 0.25) is 11.8 Å². The third kappa shape index (κ3) is 5.56. The Kier molecular flexibility index (Phi) is 6.74. The molecule has 0 aliphatic heterocycles. The summed E-state index contributed by atoms with van der Waals surface area (Å²) in [5.74, 6) is 1.62. The van der Waals surface area contributed by atoms with Gasteiger partial charge in [-0.25, -0.2) is 0 Å². The van der Waals surface area contributed by atoms with Gasteiger partial charge in [-0.3, -0.25) is 4.79 Å². The molecule has 0 N–H and O–H groups in total.